The summed E-state index contributed by atoms with van der Waals surface area (Å²) in [4.78, 5) is 20.1. The van der Waals surface area contributed by atoms with Crippen molar-refractivity contribution in [3.05, 3.63) is 83.1 Å². The number of H-pyrrole nitrogens is 1. The van der Waals surface area contributed by atoms with Gasteiger partial charge in [0.25, 0.3) is 5.91 Å². The molecule has 1 amide bonds. The number of aromatic nitrogens is 4. The quantitative estimate of drug-likeness (QED) is 0.327. The van der Waals surface area contributed by atoms with E-state index in [1.165, 1.54) is 0 Å². The Kier molecular flexibility index (Phi) is 5.95. The van der Waals surface area contributed by atoms with Crippen molar-refractivity contribution in [3.63, 3.8) is 0 Å². The van der Waals surface area contributed by atoms with Crippen LogP contribution in [0.5, 0.6) is 11.8 Å². The summed E-state index contributed by atoms with van der Waals surface area (Å²) in [5, 5.41) is 13.7. The van der Waals surface area contributed by atoms with E-state index in [0.717, 1.165) is 5.56 Å². The van der Waals surface area contributed by atoms with Crippen LogP contribution in [0.2, 0.25) is 5.02 Å². The van der Waals surface area contributed by atoms with Crippen LogP contribution in [-0.2, 0) is 6.54 Å². The van der Waals surface area contributed by atoms with Crippen molar-refractivity contribution in [2.75, 3.05) is 10.6 Å². The fourth-order valence-corrected chi connectivity index (χ4v) is 3.05. The molecule has 0 aliphatic heterocycles. The van der Waals surface area contributed by atoms with Crippen LogP contribution in [0, 0.1) is 0 Å². The van der Waals surface area contributed by atoms with Crippen LogP contribution in [0.4, 0.5) is 17.3 Å². The van der Waals surface area contributed by atoms with Gasteiger partial charge >= 0.3 is 6.01 Å². The first-order valence-electron chi connectivity index (χ1n) is 9.27. The molecule has 9 nitrogen and oxygen atoms in total. The number of anilines is 3. The third kappa shape index (κ3) is 5.09. The van der Waals surface area contributed by atoms with Gasteiger partial charge in [-0.15, -0.1) is 0 Å². The van der Waals surface area contributed by atoms with Gasteiger partial charge in [0, 0.05) is 29.6 Å². The molecule has 156 valence electrons. The van der Waals surface area contributed by atoms with Crippen molar-refractivity contribution in [2.24, 2.45) is 5.73 Å². The zero-order valence-corrected chi connectivity index (χ0v) is 16.9. The summed E-state index contributed by atoms with van der Waals surface area (Å²) in [6.45, 7) is 0.395. The molecule has 0 radical (unpaired) electrons. The summed E-state index contributed by atoms with van der Waals surface area (Å²) in [7, 11) is 0. The molecule has 2 aromatic carbocycles. The first-order chi connectivity index (χ1) is 15.1. The summed E-state index contributed by atoms with van der Waals surface area (Å²) >= 11 is 6.01. The van der Waals surface area contributed by atoms with Gasteiger partial charge in [-0.25, -0.2) is 9.97 Å². The van der Waals surface area contributed by atoms with Crippen LogP contribution < -0.4 is 21.1 Å². The van der Waals surface area contributed by atoms with Crippen LogP contribution in [0.25, 0.3) is 0 Å². The fourth-order valence-electron chi connectivity index (χ4n) is 2.86. The molecule has 4 aromatic rings. The van der Waals surface area contributed by atoms with E-state index >= 15 is 0 Å². The van der Waals surface area contributed by atoms with Crippen LogP contribution in [0.15, 0.2) is 67.0 Å². The van der Waals surface area contributed by atoms with Gasteiger partial charge in [-0.3, -0.25) is 9.89 Å². The minimum atomic E-state index is -0.626. The van der Waals surface area contributed by atoms with E-state index in [2.05, 4.69) is 30.8 Å². The number of aromatic amines is 1. The zero-order valence-electron chi connectivity index (χ0n) is 16.2. The van der Waals surface area contributed by atoms with Crippen LogP contribution in [0.3, 0.4) is 0 Å². The van der Waals surface area contributed by atoms with Gasteiger partial charge in [0.15, 0.2) is 5.82 Å². The van der Waals surface area contributed by atoms with Gasteiger partial charge in [-0.1, -0.05) is 29.8 Å². The molecule has 0 atom stereocenters. The smallest absolute Gasteiger partial charge is 0.321 e. The minimum absolute atomic E-state index is 0.213. The number of benzene rings is 2. The van der Waals surface area contributed by atoms with Crippen LogP contribution >= 0.6 is 11.6 Å². The zero-order chi connectivity index (χ0) is 21.6. The van der Waals surface area contributed by atoms with Crippen LogP contribution in [0.1, 0.15) is 15.9 Å². The second-order valence-electron chi connectivity index (χ2n) is 6.46. The van der Waals surface area contributed by atoms with E-state index in [1.54, 1.807) is 48.8 Å². The highest BCUT2D eigenvalue weighted by atomic mass is 35.5. The molecule has 0 unspecified atom stereocenters. The van der Waals surface area contributed by atoms with Crippen molar-refractivity contribution < 1.29 is 9.53 Å². The number of primary amides is 1. The number of hydrogen-bond donors (Lipinski definition) is 4. The fraction of sp³-hybridized carbons (Fsp3) is 0.0476. The first-order valence-corrected chi connectivity index (χ1v) is 9.65. The predicted molar refractivity (Wildman–Crippen MR) is 118 cm³/mol. The number of carbonyl (C=O) groups excluding carboxylic acids is 1. The third-order valence-electron chi connectivity index (χ3n) is 4.22. The van der Waals surface area contributed by atoms with Gasteiger partial charge in [0.1, 0.15) is 17.1 Å². The van der Waals surface area contributed by atoms with E-state index in [-0.39, 0.29) is 11.6 Å². The Morgan fingerprint density at radius 3 is 2.68 bits per heavy atom. The monoisotopic (exact) mass is 435 g/mol. The lowest BCUT2D eigenvalue weighted by molar-refractivity contribution is 0.100. The van der Waals surface area contributed by atoms with Crippen molar-refractivity contribution in [1.29, 1.82) is 0 Å². The Bertz CT molecular complexity index is 1200. The Hall–Kier alpha value is -4.11. The second kappa shape index (κ2) is 9.14. The molecule has 2 aromatic heterocycles. The summed E-state index contributed by atoms with van der Waals surface area (Å²) in [6, 6.07) is 16.4. The normalized spacial score (nSPS) is 10.5. The van der Waals surface area contributed by atoms with Gasteiger partial charge in [-0.2, -0.15) is 5.10 Å². The number of rotatable bonds is 8. The van der Waals surface area contributed by atoms with Gasteiger partial charge < -0.3 is 21.1 Å². The third-order valence-corrected chi connectivity index (χ3v) is 4.45. The maximum absolute atomic E-state index is 12.1. The van der Waals surface area contributed by atoms with Gasteiger partial charge in [0.2, 0.25) is 0 Å². The molecule has 2 heterocycles. The Balaban J connectivity index is 1.48. The number of amides is 1. The average Bonchev–Trinajstić information content (AvgIpc) is 3.16. The number of ether oxygens (including phenoxy) is 1. The van der Waals surface area contributed by atoms with E-state index in [9.17, 15) is 4.79 Å². The second-order valence-corrected chi connectivity index (χ2v) is 6.89. The molecule has 10 heteroatoms. The Morgan fingerprint density at radius 1 is 1.10 bits per heavy atom. The Morgan fingerprint density at radius 2 is 1.90 bits per heavy atom. The highest BCUT2D eigenvalue weighted by Gasteiger charge is 2.18. The van der Waals surface area contributed by atoms with E-state index in [4.69, 9.17) is 22.1 Å². The summed E-state index contributed by atoms with van der Waals surface area (Å²) < 4.78 is 5.65. The van der Waals surface area contributed by atoms with Gasteiger partial charge in [0.05, 0.1) is 0 Å². The number of halogens is 1. The van der Waals surface area contributed by atoms with E-state index < -0.39 is 5.91 Å². The largest absolute Gasteiger partial charge is 0.424 e. The molecule has 31 heavy (non-hydrogen) atoms. The SMILES string of the molecule is NC(=O)c1c(Nc2cccc(Cl)c2)n[nH]c1NCc1cccc(Oc2ncccn2)c1. The molecule has 0 saturated heterocycles. The van der Waals surface area contributed by atoms with Crippen molar-refractivity contribution in [2.45, 2.75) is 6.54 Å². The van der Waals surface area contributed by atoms with E-state index in [0.29, 0.717) is 34.6 Å². The highest BCUT2D eigenvalue weighted by molar-refractivity contribution is 6.30. The standard InChI is InChI=1S/C21H18ClN7O2/c22-14-5-2-6-15(11-14)27-20-17(18(23)30)19(28-29-20)26-12-13-4-1-7-16(10-13)31-21-24-8-3-9-25-21/h1-11H,12H2,(H2,23,30)(H3,26,27,28,29). The van der Waals surface area contributed by atoms with Crippen LogP contribution in [-0.4, -0.2) is 26.1 Å². The minimum Gasteiger partial charge on any atom is -0.424 e. The number of nitrogens with zero attached hydrogens (tertiary/aromatic N) is 3. The highest BCUT2D eigenvalue weighted by Crippen LogP contribution is 2.26. The molecule has 0 aliphatic rings. The summed E-state index contributed by atoms with van der Waals surface area (Å²) in [6.07, 6.45) is 3.21. The molecule has 5 N–H and O–H groups in total. The van der Waals surface area contributed by atoms with Crippen molar-refractivity contribution in [1.82, 2.24) is 20.2 Å². The number of carbonyl (C=O) groups is 1. The lowest BCUT2D eigenvalue weighted by Gasteiger charge is -2.09. The van der Waals surface area contributed by atoms with Gasteiger partial charge in [-0.05, 0) is 42.0 Å². The number of hydrogen-bond acceptors (Lipinski definition) is 7. The average molecular weight is 436 g/mol. The maximum atomic E-state index is 12.1. The maximum Gasteiger partial charge on any atom is 0.321 e. The molecule has 4 rings (SSSR count). The number of nitrogens with one attached hydrogen (secondary N) is 3. The van der Waals surface area contributed by atoms with E-state index in [1.807, 2.05) is 18.2 Å². The Labute approximate surface area is 182 Å². The molecule has 0 aliphatic carbocycles. The summed E-state index contributed by atoms with van der Waals surface area (Å²) in [5.41, 5.74) is 7.38. The molecular weight excluding hydrogens is 418 g/mol. The lowest BCUT2D eigenvalue weighted by atomic mass is 10.2. The molecule has 0 spiro atoms. The molecule has 0 saturated carbocycles. The molecule has 0 fully saturated rings. The predicted octanol–water partition coefficient (Wildman–Crippen LogP) is 4.10. The van der Waals surface area contributed by atoms with Crippen molar-refractivity contribution in [3.8, 4) is 11.8 Å². The molecular formula is C21H18ClN7O2. The first kappa shape index (κ1) is 20.2. The molecule has 0 bridgehead atoms. The topological polar surface area (TPSA) is 131 Å². The van der Waals surface area contributed by atoms with Crippen molar-refractivity contribution >= 4 is 34.8 Å². The number of nitrogens with two attached hydrogens (primary N) is 1. The lowest BCUT2D eigenvalue weighted by Crippen LogP contribution is -2.15. The summed E-state index contributed by atoms with van der Waals surface area (Å²) in [5.74, 6) is 0.665.